The second-order valence-corrected chi connectivity index (χ2v) is 1.08. The monoisotopic (exact) mass is 137 g/mol. The van der Waals surface area contributed by atoms with Crippen LogP contribution in [0.25, 0.3) is 0 Å². The third-order valence-electron chi connectivity index (χ3n) is 0.336. The average Bonchev–Trinajstić information content (AvgIpc) is 1.91. The summed E-state index contributed by atoms with van der Waals surface area (Å²) in [4.78, 5) is 0. The molecule has 0 atom stereocenters. The summed E-state index contributed by atoms with van der Waals surface area (Å²) in [5.74, 6) is 0. The van der Waals surface area contributed by atoms with Crippen LogP contribution in [-0.4, -0.2) is 41.7 Å². The van der Waals surface area contributed by atoms with Gasteiger partial charge in [-0.2, -0.15) is 0 Å². The fraction of sp³-hybridized carbons (Fsp3) is 0.800. The first-order valence-corrected chi connectivity index (χ1v) is 2.53. The smallest absolute Gasteiger partial charge is 0.0701 e. The maximum atomic E-state index is 7.90. The van der Waals surface area contributed by atoms with Crippen LogP contribution in [-0.2, 0) is 4.74 Å². The largest absolute Gasteiger partial charge is 0.394 e. The van der Waals surface area contributed by atoms with Gasteiger partial charge >= 0.3 is 0 Å². The molecule has 0 heterocycles. The summed E-state index contributed by atoms with van der Waals surface area (Å²) < 4.78 is 4.19. The summed E-state index contributed by atoms with van der Waals surface area (Å²) in [6, 6.07) is 0. The van der Waals surface area contributed by atoms with Gasteiger partial charge in [0.25, 0.3) is 0 Å². The van der Waals surface area contributed by atoms with E-state index >= 15 is 0 Å². The molecule has 0 aliphatic carbocycles. The Morgan fingerprint density at radius 3 is 1.44 bits per heavy atom. The van der Waals surface area contributed by atoms with Gasteiger partial charge in [0.1, 0.15) is 0 Å². The second-order valence-electron chi connectivity index (χ2n) is 1.08. The standard InChI is InChI=1S/C3H7O2.C2H6O2/c1-5-3-2-4;3-1-2-4/h4H,1-3H2;3-4H,1-2H2. The normalized spacial score (nSPS) is 8.00. The molecule has 0 aromatic carbocycles. The predicted octanol–water partition coefficient (Wildman–Crippen LogP) is -1.24. The summed E-state index contributed by atoms with van der Waals surface area (Å²) in [6.07, 6.45) is 0. The van der Waals surface area contributed by atoms with E-state index in [4.69, 9.17) is 15.3 Å². The minimum absolute atomic E-state index is 0.0590. The van der Waals surface area contributed by atoms with Crippen LogP contribution in [0, 0.1) is 7.11 Å². The molecule has 0 aliphatic rings. The van der Waals surface area contributed by atoms with Gasteiger partial charge in [0.15, 0.2) is 0 Å². The summed E-state index contributed by atoms with van der Waals surface area (Å²) in [6.45, 7) is 0.142. The zero-order valence-electron chi connectivity index (χ0n) is 5.29. The molecule has 3 N–H and O–H groups in total. The Morgan fingerprint density at radius 1 is 1.00 bits per heavy atom. The van der Waals surface area contributed by atoms with E-state index in [1.165, 1.54) is 0 Å². The summed E-state index contributed by atoms with van der Waals surface area (Å²) in [5, 5.41) is 23.2. The van der Waals surface area contributed by atoms with E-state index in [0.29, 0.717) is 6.61 Å². The molecule has 0 aromatic heterocycles. The minimum atomic E-state index is -0.125. The lowest BCUT2D eigenvalue weighted by atomic mass is 10.8. The zero-order valence-corrected chi connectivity index (χ0v) is 5.29. The Kier molecular flexibility index (Phi) is 20.2. The second kappa shape index (κ2) is 15.7. The van der Waals surface area contributed by atoms with Crippen LogP contribution in [0.1, 0.15) is 0 Å². The molecule has 4 nitrogen and oxygen atoms in total. The van der Waals surface area contributed by atoms with Gasteiger partial charge in [0.2, 0.25) is 0 Å². The number of aliphatic hydroxyl groups is 3. The van der Waals surface area contributed by atoms with E-state index in [1.807, 2.05) is 0 Å². The Morgan fingerprint density at radius 2 is 1.44 bits per heavy atom. The quantitative estimate of drug-likeness (QED) is 0.455. The minimum Gasteiger partial charge on any atom is -0.394 e. The SMILES string of the molecule is OCCO.[CH2]OCCO. The first-order chi connectivity index (χ1) is 4.33. The number of ether oxygens (including phenoxy) is 1. The van der Waals surface area contributed by atoms with Crippen LogP contribution >= 0.6 is 0 Å². The van der Waals surface area contributed by atoms with Gasteiger partial charge in [0.05, 0.1) is 33.5 Å². The molecule has 0 amide bonds. The highest BCUT2D eigenvalue weighted by molar-refractivity contribution is 4.16. The molecule has 0 saturated carbocycles. The maximum Gasteiger partial charge on any atom is 0.0701 e. The van der Waals surface area contributed by atoms with Crippen molar-refractivity contribution in [1.29, 1.82) is 0 Å². The van der Waals surface area contributed by atoms with Gasteiger partial charge in [-0.15, -0.1) is 0 Å². The molecule has 0 unspecified atom stereocenters. The van der Waals surface area contributed by atoms with Crippen molar-refractivity contribution in [2.45, 2.75) is 0 Å². The van der Waals surface area contributed by atoms with Gasteiger partial charge < -0.3 is 20.1 Å². The highest BCUT2D eigenvalue weighted by Gasteiger charge is 1.67. The maximum absolute atomic E-state index is 7.90. The van der Waals surface area contributed by atoms with E-state index < -0.39 is 0 Å². The first-order valence-electron chi connectivity index (χ1n) is 2.53. The van der Waals surface area contributed by atoms with Crippen molar-refractivity contribution in [3.8, 4) is 0 Å². The van der Waals surface area contributed by atoms with Crippen molar-refractivity contribution in [2.24, 2.45) is 0 Å². The number of hydrogen-bond acceptors (Lipinski definition) is 4. The van der Waals surface area contributed by atoms with E-state index in [2.05, 4.69) is 11.8 Å². The van der Waals surface area contributed by atoms with E-state index in [1.54, 1.807) is 0 Å². The highest BCUT2D eigenvalue weighted by atomic mass is 16.5. The average molecular weight is 137 g/mol. The molecule has 0 bridgehead atoms. The first kappa shape index (κ1) is 11.6. The predicted molar refractivity (Wildman–Crippen MR) is 32.6 cm³/mol. The Bertz CT molecular complexity index is 28.1. The van der Waals surface area contributed by atoms with Crippen molar-refractivity contribution in [3.05, 3.63) is 7.11 Å². The molecule has 0 fully saturated rings. The fourth-order valence-corrected chi connectivity index (χ4v) is 0.0645. The lowest BCUT2D eigenvalue weighted by molar-refractivity contribution is 0.162. The van der Waals surface area contributed by atoms with Gasteiger partial charge in [-0.3, -0.25) is 0 Å². The summed E-state index contributed by atoms with van der Waals surface area (Å²) in [5.41, 5.74) is 0. The third kappa shape index (κ3) is 33.2. The van der Waals surface area contributed by atoms with Crippen LogP contribution in [0.3, 0.4) is 0 Å². The van der Waals surface area contributed by atoms with Gasteiger partial charge in [0, 0.05) is 0 Å². The third-order valence-corrected chi connectivity index (χ3v) is 0.336. The summed E-state index contributed by atoms with van der Waals surface area (Å²) in [7, 11) is 3.02. The molecule has 0 aromatic rings. The number of hydrogen-bond donors (Lipinski definition) is 3. The molecule has 0 spiro atoms. The van der Waals surface area contributed by atoms with Crippen molar-refractivity contribution in [1.82, 2.24) is 0 Å². The molecule has 0 saturated heterocycles. The topological polar surface area (TPSA) is 69.9 Å². The Balaban J connectivity index is 0. The van der Waals surface area contributed by atoms with Crippen LogP contribution in [0.5, 0.6) is 0 Å². The number of aliphatic hydroxyl groups excluding tert-OH is 3. The summed E-state index contributed by atoms with van der Waals surface area (Å²) >= 11 is 0. The zero-order chi connectivity index (χ0) is 7.54. The lowest BCUT2D eigenvalue weighted by Crippen LogP contribution is -1.89. The molecular formula is C5H13O4. The van der Waals surface area contributed by atoms with Crippen LogP contribution in [0.2, 0.25) is 0 Å². The van der Waals surface area contributed by atoms with Crippen molar-refractivity contribution in [3.63, 3.8) is 0 Å². The number of rotatable bonds is 3. The van der Waals surface area contributed by atoms with Gasteiger partial charge in [-0.1, -0.05) is 0 Å². The molecule has 9 heavy (non-hydrogen) atoms. The van der Waals surface area contributed by atoms with Crippen LogP contribution in [0.4, 0.5) is 0 Å². The van der Waals surface area contributed by atoms with Crippen LogP contribution in [0.15, 0.2) is 0 Å². The van der Waals surface area contributed by atoms with Crippen molar-refractivity contribution < 1.29 is 20.1 Å². The van der Waals surface area contributed by atoms with Gasteiger partial charge in [-0.25, -0.2) is 0 Å². The van der Waals surface area contributed by atoms with Gasteiger partial charge in [-0.05, 0) is 0 Å². The van der Waals surface area contributed by atoms with E-state index in [-0.39, 0.29) is 19.8 Å². The Hall–Kier alpha value is -0.160. The highest BCUT2D eigenvalue weighted by Crippen LogP contribution is 1.59. The molecule has 0 aliphatic heterocycles. The fourth-order valence-electron chi connectivity index (χ4n) is 0.0645. The van der Waals surface area contributed by atoms with E-state index in [9.17, 15) is 0 Å². The molecule has 57 valence electrons. The lowest BCUT2D eigenvalue weighted by Gasteiger charge is -1.83. The van der Waals surface area contributed by atoms with Crippen molar-refractivity contribution in [2.75, 3.05) is 26.4 Å². The Labute approximate surface area is 54.7 Å². The van der Waals surface area contributed by atoms with Crippen LogP contribution < -0.4 is 0 Å². The molecule has 4 heteroatoms. The van der Waals surface area contributed by atoms with E-state index in [0.717, 1.165) is 0 Å². The molecule has 0 rings (SSSR count). The molecule has 1 radical (unpaired) electrons. The molecular weight excluding hydrogens is 124 g/mol. The van der Waals surface area contributed by atoms with Crippen molar-refractivity contribution >= 4 is 0 Å².